The van der Waals surface area contributed by atoms with Crippen LogP contribution in [0.4, 0.5) is 0 Å². The lowest BCUT2D eigenvalue weighted by atomic mass is 10.3. The van der Waals surface area contributed by atoms with E-state index in [2.05, 4.69) is 5.32 Å². The number of rotatable bonds is 8. The number of carbonyl (C=O) groups excluding carboxylic acids is 1. The highest BCUT2D eigenvalue weighted by Crippen LogP contribution is 2.28. The first-order chi connectivity index (χ1) is 8.34. The van der Waals surface area contributed by atoms with E-state index in [1.165, 1.54) is 12.8 Å². The molecule has 0 saturated heterocycles. The summed E-state index contributed by atoms with van der Waals surface area (Å²) in [5.41, 5.74) is 0. The molecule has 1 aliphatic carbocycles. The van der Waals surface area contributed by atoms with Gasteiger partial charge in [0.15, 0.2) is 0 Å². The second-order valence-corrected chi connectivity index (χ2v) is 5.51. The van der Waals surface area contributed by atoms with Crippen molar-refractivity contribution in [3.63, 3.8) is 0 Å². The Kier molecular flexibility index (Phi) is 5.01. The van der Waals surface area contributed by atoms with Gasteiger partial charge >= 0.3 is 0 Å². The summed E-state index contributed by atoms with van der Waals surface area (Å²) in [5, 5.41) is 4.91. The van der Waals surface area contributed by atoms with Crippen LogP contribution in [0.15, 0.2) is 17.5 Å². The lowest BCUT2D eigenvalue weighted by Gasteiger charge is -2.05. The van der Waals surface area contributed by atoms with Gasteiger partial charge < -0.3 is 10.1 Å². The Labute approximate surface area is 106 Å². The molecule has 1 aromatic heterocycles. The van der Waals surface area contributed by atoms with E-state index in [0.717, 1.165) is 37.0 Å². The molecule has 0 aromatic carbocycles. The molecule has 1 aromatic rings. The molecule has 0 unspecified atom stereocenters. The Hall–Kier alpha value is -0.870. The monoisotopic (exact) mass is 253 g/mol. The van der Waals surface area contributed by atoms with E-state index in [9.17, 15) is 4.79 Å². The maximum Gasteiger partial charge on any atom is 0.225 e. The summed E-state index contributed by atoms with van der Waals surface area (Å²) >= 11 is 1.62. The molecule has 17 heavy (non-hydrogen) atoms. The normalized spacial score (nSPS) is 14.8. The lowest BCUT2D eigenvalue weighted by molar-refractivity contribution is -0.120. The van der Waals surface area contributed by atoms with Crippen molar-refractivity contribution < 1.29 is 9.53 Å². The molecule has 0 bridgehead atoms. The topological polar surface area (TPSA) is 38.3 Å². The van der Waals surface area contributed by atoms with E-state index >= 15 is 0 Å². The molecule has 1 heterocycles. The quantitative estimate of drug-likeness (QED) is 0.721. The van der Waals surface area contributed by atoms with Crippen LogP contribution in [0.3, 0.4) is 0 Å². The summed E-state index contributed by atoms with van der Waals surface area (Å²) in [5.74, 6) is 0.929. The van der Waals surface area contributed by atoms with E-state index in [-0.39, 0.29) is 5.91 Å². The minimum absolute atomic E-state index is 0.106. The Morgan fingerprint density at radius 1 is 1.53 bits per heavy atom. The summed E-state index contributed by atoms with van der Waals surface area (Å²) in [4.78, 5) is 12.6. The van der Waals surface area contributed by atoms with Gasteiger partial charge in [-0.05, 0) is 36.6 Å². The number of thiophene rings is 1. The van der Waals surface area contributed by atoms with Crippen LogP contribution in [-0.4, -0.2) is 25.7 Å². The number of carbonyl (C=O) groups is 1. The van der Waals surface area contributed by atoms with Gasteiger partial charge in [0.2, 0.25) is 5.91 Å². The number of hydrogen-bond acceptors (Lipinski definition) is 3. The maximum atomic E-state index is 11.5. The molecule has 94 valence electrons. The molecule has 3 nitrogen and oxygen atoms in total. The van der Waals surface area contributed by atoms with Gasteiger partial charge in [-0.3, -0.25) is 4.79 Å². The van der Waals surface area contributed by atoms with Crippen molar-refractivity contribution in [3.05, 3.63) is 22.4 Å². The van der Waals surface area contributed by atoms with Crippen molar-refractivity contribution in [1.82, 2.24) is 5.32 Å². The second-order valence-electron chi connectivity index (χ2n) is 4.48. The first-order valence-electron chi connectivity index (χ1n) is 6.21. The lowest BCUT2D eigenvalue weighted by Crippen LogP contribution is -2.26. The van der Waals surface area contributed by atoms with Crippen molar-refractivity contribution in [2.75, 3.05) is 19.8 Å². The molecule has 1 N–H and O–H groups in total. The molecule has 2 rings (SSSR count). The summed E-state index contributed by atoms with van der Waals surface area (Å²) in [6.45, 7) is 2.38. The minimum Gasteiger partial charge on any atom is -0.381 e. The molecular weight excluding hydrogens is 234 g/mol. The van der Waals surface area contributed by atoms with E-state index in [4.69, 9.17) is 4.74 Å². The van der Waals surface area contributed by atoms with Crippen molar-refractivity contribution >= 4 is 17.2 Å². The number of hydrogen-bond donors (Lipinski definition) is 1. The fourth-order valence-electron chi connectivity index (χ4n) is 1.57. The fourth-order valence-corrected chi connectivity index (χ4v) is 2.27. The molecule has 0 radical (unpaired) electrons. The first kappa shape index (κ1) is 12.6. The Morgan fingerprint density at radius 3 is 3.12 bits per heavy atom. The first-order valence-corrected chi connectivity index (χ1v) is 7.09. The highest BCUT2D eigenvalue weighted by molar-refractivity contribution is 7.10. The van der Waals surface area contributed by atoms with Gasteiger partial charge in [-0.1, -0.05) is 6.07 Å². The Balaban J connectivity index is 1.45. The average molecular weight is 253 g/mol. The van der Waals surface area contributed by atoms with Gasteiger partial charge in [0, 0.05) is 24.6 Å². The minimum atomic E-state index is 0.106. The van der Waals surface area contributed by atoms with Gasteiger partial charge in [-0.25, -0.2) is 0 Å². The second kappa shape index (κ2) is 6.77. The van der Waals surface area contributed by atoms with Crippen LogP contribution in [0.5, 0.6) is 0 Å². The molecule has 1 aliphatic rings. The van der Waals surface area contributed by atoms with Gasteiger partial charge in [0.25, 0.3) is 0 Å². The van der Waals surface area contributed by atoms with Crippen LogP contribution in [0, 0.1) is 5.92 Å². The zero-order chi connectivity index (χ0) is 11.9. The van der Waals surface area contributed by atoms with E-state index in [1.807, 2.05) is 17.5 Å². The molecule has 1 fully saturated rings. The largest absolute Gasteiger partial charge is 0.381 e. The number of ether oxygens (including phenoxy) is 1. The van der Waals surface area contributed by atoms with Crippen molar-refractivity contribution in [1.29, 1.82) is 0 Å². The maximum absolute atomic E-state index is 11.5. The Morgan fingerprint density at radius 2 is 2.41 bits per heavy atom. The van der Waals surface area contributed by atoms with E-state index in [0.29, 0.717) is 6.42 Å². The number of nitrogens with one attached hydrogen (secondary N) is 1. The third kappa shape index (κ3) is 5.33. The molecule has 1 saturated carbocycles. The fraction of sp³-hybridized carbons (Fsp3) is 0.615. The standard InChI is InChI=1S/C13H19NO2S/c15-13(9-12-3-1-8-17-12)14-6-2-7-16-10-11-4-5-11/h1,3,8,11H,2,4-7,9-10H2,(H,14,15). The molecule has 0 spiro atoms. The van der Waals surface area contributed by atoms with Crippen LogP contribution in [0.25, 0.3) is 0 Å². The summed E-state index contributed by atoms with van der Waals surface area (Å²) < 4.78 is 5.50. The molecule has 1 amide bonds. The molecule has 0 aliphatic heterocycles. The smallest absolute Gasteiger partial charge is 0.225 e. The van der Waals surface area contributed by atoms with Gasteiger partial charge in [-0.15, -0.1) is 11.3 Å². The van der Waals surface area contributed by atoms with Crippen molar-refractivity contribution in [2.24, 2.45) is 5.92 Å². The average Bonchev–Trinajstić information content (AvgIpc) is 3.00. The summed E-state index contributed by atoms with van der Waals surface area (Å²) in [6.07, 6.45) is 4.07. The predicted octanol–water partition coefficient (Wildman–Crippen LogP) is 2.22. The zero-order valence-electron chi connectivity index (χ0n) is 9.98. The third-order valence-corrected chi connectivity index (χ3v) is 3.63. The summed E-state index contributed by atoms with van der Waals surface area (Å²) in [6, 6.07) is 3.96. The van der Waals surface area contributed by atoms with Crippen LogP contribution >= 0.6 is 11.3 Å². The SMILES string of the molecule is O=C(Cc1cccs1)NCCCOCC1CC1. The van der Waals surface area contributed by atoms with Gasteiger partial charge in [0.1, 0.15) is 0 Å². The predicted molar refractivity (Wildman–Crippen MR) is 69.2 cm³/mol. The van der Waals surface area contributed by atoms with Crippen molar-refractivity contribution in [2.45, 2.75) is 25.7 Å². The van der Waals surface area contributed by atoms with Gasteiger partial charge in [0.05, 0.1) is 6.42 Å². The van der Waals surface area contributed by atoms with Crippen LogP contribution in [0.2, 0.25) is 0 Å². The van der Waals surface area contributed by atoms with Gasteiger partial charge in [-0.2, -0.15) is 0 Å². The van der Waals surface area contributed by atoms with Crippen LogP contribution < -0.4 is 5.32 Å². The van der Waals surface area contributed by atoms with Crippen molar-refractivity contribution in [3.8, 4) is 0 Å². The third-order valence-electron chi connectivity index (χ3n) is 2.75. The van der Waals surface area contributed by atoms with Crippen LogP contribution in [-0.2, 0) is 16.0 Å². The van der Waals surface area contributed by atoms with Crippen LogP contribution in [0.1, 0.15) is 24.1 Å². The Bertz CT molecular complexity index is 333. The molecule has 0 atom stereocenters. The summed E-state index contributed by atoms with van der Waals surface area (Å²) in [7, 11) is 0. The zero-order valence-corrected chi connectivity index (χ0v) is 10.8. The number of amides is 1. The molecular formula is C13H19NO2S. The van der Waals surface area contributed by atoms with E-state index in [1.54, 1.807) is 11.3 Å². The molecule has 4 heteroatoms. The van der Waals surface area contributed by atoms with E-state index < -0.39 is 0 Å². The highest BCUT2D eigenvalue weighted by Gasteiger charge is 2.20. The highest BCUT2D eigenvalue weighted by atomic mass is 32.1.